The Morgan fingerprint density at radius 3 is 2.14 bits per heavy atom. The van der Waals surface area contributed by atoms with Gasteiger partial charge in [-0.3, -0.25) is 4.79 Å². The summed E-state index contributed by atoms with van der Waals surface area (Å²) in [5, 5.41) is 11.7. The number of hydrogen-bond donors (Lipinski definition) is 2. The number of hydrogen-bond acceptors (Lipinski definition) is 4. The molecule has 0 aliphatic heterocycles. The standard InChI is InChI=1S/C17H15NO4/c1-22-15-8-4-12(5-9-15)16(19)10-11-18-14-6-2-13(3-7-14)17(20)21/h2-11,18H,1H3,(H,20,21)/b11-10+. The minimum atomic E-state index is -0.975. The first-order chi connectivity index (χ1) is 10.6. The van der Waals surface area contributed by atoms with E-state index in [2.05, 4.69) is 5.32 Å². The highest BCUT2D eigenvalue weighted by Gasteiger charge is 2.02. The van der Waals surface area contributed by atoms with Gasteiger partial charge in [0.25, 0.3) is 0 Å². The molecule has 0 heterocycles. The van der Waals surface area contributed by atoms with E-state index >= 15 is 0 Å². The molecule has 0 spiro atoms. The van der Waals surface area contributed by atoms with Gasteiger partial charge in [-0.1, -0.05) is 0 Å². The van der Waals surface area contributed by atoms with Crippen LogP contribution in [0.2, 0.25) is 0 Å². The van der Waals surface area contributed by atoms with Gasteiger partial charge in [-0.2, -0.15) is 0 Å². The Labute approximate surface area is 127 Å². The monoisotopic (exact) mass is 297 g/mol. The number of ether oxygens (including phenoxy) is 1. The van der Waals surface area contributed by atoms with E-state index in [0.29, 0.717) is 17.0 Å². The van der Waals surface area contributed by atoms with E-state index in [1.807, 2.05) is 0 Å². The average Bonchev–Trinajstić information content (AvgIpc) is 2.55. The molecule has 0 atom stereocenters. The van der Waals surface area contributed by atoms with Crippen molar-refractivity contribution >= 4 is 17.4 Å². The summed E-state index contributed by atoms with van der Waals surface area (Å²) in [5.41, 5.74) is 1.47. The van der Waals surface area contributed by atoms with Crippen LogP contribution in [0.15, 0.2) is 60.8 Å². The Bertz CT molecular complexity index is 688. The maximum atomic E-state index is 11.9. The molecule has 0 aliphatic carbocycles. The lowest BCUT2D eigenvalue weighted by atomic mass is 10.1. The first-order valence-corrected chi connectivity index (χ1v) is 6.55. The van der Waals surface area contributed by atoms with Crippen molar-refractivity contribution in [3.8, 4) is 5.75 Å². The van der Waals surface area contributed by atoms with Gasteiger partial charge in [0.05, 0.1) is 12.7 Å². The number of allylic oxidation sites excluding steroid dienone is 1. The number of anilines is 1. The molecule has 0 bridgehead atoms. The highest BCUT2D eigenvalue weighted by atomic mass is 16.5. The second-order valence-corrected chi connectivity index (χ2v) is 4.45. The van der Waals surface area contributed by atoms with Crippen molar-refractivity contribution < 1.29 is 19.4 Å². The lowest BCUT2D eigenvalue weighted by Gasteiger charge is -2.02. The molecule has 5 nitrogen and oxygen atoms in total. The predicted molar refractivity (Wildman–Crippen MR) is 83.5 cm³/mol. The SMILES string of the molecule is COc1ccc(C(=O)/C=C/Nc2ccc(C(=O)O)cc2)cc1. The number of nitrogens with one attached hydrogen (secondary N) is 1. The predicted octanol–water partition coefficient (Wildman–Crippen LogP) is 3.20. The van der Waals surface area contributed by atoms with Gasteiger partial charge in [0, 0.05) is 23.5 Å². The minimum Gasteiger partial charge on any atom is -0.497 e. The molecule has 0 saturated heterocycles. The Balaban J connectivity index is 1.96. The van der Waals surface area contributed by atoms with E-state index in [-0.39, 0.29) is 11.3 Å². The molecule has 0 aromatic heterocycles. The highest BCUT2D eigenvalue weighted by molar-refractivity contribution is 6.04. The Kier molecular flexibility index (Phi) is 4.93. The fraction of sp³-hybridized carbons (Fsp3) is 0.0588. The summed E-state index contributed by atoms with van der Waals surface area (Å²) in [6.07, 6.45) is 2.93. The third-order valence-corrected chi connectivity index (χ3v) is 2.99. The fourth-order valence-electron chi connectivity index (χ4n) is 1.77. The van der Waals surface area contributed by atoms with Crippen molar-refractivity contribution in [3.05, 3.63) is 71.9 Å². The number of ketones is 1. The van der Waals surface area contributed by atoms with Gasteiger partial charge in [0.2, 0.25) is 0 Å². The molecule has 0 radical (unpaired) electrons. The smallest absolute Gasteiger partial charge is 0.335 e. The summed E-state index contributed by atoms with van der Waals surface area (Å²) >= 11 is 0. The molecule has 2 rings (SSSR count). The normalized spacial score (nSPS) is 10.4. The lowest BCUT2D eigenvalue weighted by Crippen LogP contribution is -1.98. The Hall–Kier alpha value is -3.08. The number of carbonyl (C=O) groups excluding carboxylic acids is 1. The van der Waals surface area contributed by atoms with Crippen LogP contribution in [0.4, 0.5) is 5.69 Å². The van der Waals surface area contributed by atoms with Crippen molar-refractivity contribution in [2.75, 3.05) is 12.4 Å². The quantitative estimate of drug-likeness (QED) is 0.632. The van der Waals surface area contributed by atoms with Crippen molar-refractivity contribution in [3.63, 3.8) is 0 Å². The Morgan fingerprint density at radius 1 is 1.00 bits per heavy atom. The number of methoxy groups -OCH3 is 1. The highest BCUT2D eigenvalue weighted by Crippen LogP contribution is 2.12. The second kappa shape index (κ2) is 7.08. The van der Waals surface area contributed by atoms with Gasteiger partial charge in [-0.25, -0.2) is 4.79 Å². The lowest BCUT2D eigenvalue weighted by molar-refractivity contribution is 0.0696. The van der Waals surface area contributed by atoms with Crippen molar-refractivity contribution in [2.24, 2.45) is 0 Å². The van der Waals surface area contributed by atoms with Crippen molar-refractivity contribution in [1.29, 1.82) is 0 Å². The zero-order valence-corrected chi connectivity index (χ0v) is 11.9. The number of carboxylic acids is 1. The average molecular weight is 297 g/mol. The summed E-state index contributed by atoms with van der Waals surface area (Å²) in [6, 6.07) is 13.1. The molecule has 0 aliphatic rings. The maximum absolute atomic E-state index is 11.9. The summed E-state index contributed by atoms with van der Waals surface area (Å²) in [5.74, 6) is -0.425. The van der Waals surface area contributed by atoms with Gasteiger partial charge in [0.15, 0.2) is 5.78 Å². The Morgan fingerprint density at radius 2 is 1.59 bits per heavy atom. The van der Waals surface area contributed by atoms with E-state index < -0.39 is 5.97 Å². The number of aromatic carboxylic acids is 1. The molecule has 0 amide bonds. The van der Waals surface area contributed by atoms with E-state index in [1.165, 1.54) is 24.4 Å². The van der Waals surface area contributed by atoms with Gasteiger partial charge >= 0.3 is 5.97 Å². The topological polar surface area (TPSA) is 75.6 Å². The molecule has 2 aromatic rings. The van der Waals surface area contributed by atoms with Crippen LogP contribution < -0.4 is 10.1 Å². The van der Waals surface area contributed by atoms with Gasteiger partial charge in [-0.15, -0.1) is 0 Å². The first kappa shape index (κ1) is 15.3. The van der Waals surface area contributed by atoms with Crippen molar-refractivity contribution in [2.45, 2.75) is 0 Å². The number of benzene rings is 2. The third-order valence-electron chi connectivity index (χ3n) is 2.99. The van der Waals surface area contributed by atoms with Crippen molar-refractivity contribution in [1.82, 2.24) is 0 Å². The molecule has 2 aromatic carbocycles. The molecule has 0 unspecified atom stereocenters. The third kappa shape index (κ3) is 3.96. The van der Waals surface area contributed by atoms with Crippen LogP contribution in [-0.2, 0) is 0 Å². The zero-order valence-electron chi connectivity index (χ0n) is 11.9. The number of rotatable bonds is 6. The molecular formula is C17H15NO4. The fourth-order valence-corrected chi connectivity index (χ4v) is 1.77. The summed E-state index contributed by atoms with van der Waals surface area (Å²) < 4.78 is 5.03. The largest absolute Gasteiger partial charge is 0.497 e. The molecule has 0 saturated carbocycles. The number of carbonyl (C=O) groups is 2. The second-order valence-electron chi connectivity index (χ2n) is 4.45. The van der Waals surface area contributed by atoms with E-state index in [1.54, 1.807) is 43.5 Å². The van der Waals surface area contributed by atoms with Crippen LogP contribution in [0, 0.1) is 0 Å². The molecule has 2 N–H and O–H groups in total. The van der Waals surface area contributed by atoms with Crippen LogP contribution in [0.5, 0.6) is 5.75 Å². The minimum absolute atomic E-state index is 0.141. The van der Waals surface area contributed by atoms with E-state index in [9.17, 15) is 9.59 Å². The van der Waals surface area contributed by atoms with Gasteiger partial charge < -0.3 is 15.2 Å². The van der Waals surface area contributed by atoms with Gasteiger partial charge in [0.1, 0.15) is 5.75 Å². The summed E-state index contributed by atoms with van der Waals surface area (Å²) in [7, 11) is 1.57. The summed E-state index contributed by atoms with van der Waals surface area (Å²) in [4.78, 5) is 22.7. The first-order valence-electron chi connectivity index (χ1n) is 6.55. The van der Waals surface area contributed by atoms with Crippen LogP contribution in [0.3, 0.4) is 0 Å². The van der Waals surface area contributed by atoms with Gasteiger partial charge in [-0.05, 0) is 48.5 Å². The molecule has 0 fully saturated rings. The van der Waals surface area contributed by atoms with Crippen LogP contribution in [0.25, 0.3) is 0 Å². The van der Waals surface area contributed by atoms with E-state index in [0.717, 1.165) is 0 Å². The summed E-state index contributed by atoms with van der Waals surface area (Å²) in [6.45, 7) is 0. The number of carboxylic acid groups (broad SMARTS) is 1. The molecule has 22 heavy (non-hydrogen) atoms. The zero-order chi connectivity index (χ0) is 15.9. The molecular weight excluding hydrogens is 282 g/mol. The van der Waals surface area contributed by atoms with Crippen LogP contribution >= 0.6 is 0 Å². The van der Waals surface area contributed by atoms with Crippen LogP contribution in [0.1, 0.15) is 20.7 Å². The molecule has 5 heteroatoms. The van der Waals surface area contributed by atoms with Crippen LogP contribution in [-0.4, -0.2) is 24.0 Å². The maximum Gasteiger partial charge on any atom is 0.335 e. The van der Waals surface area contributed by atoms with E-state index in [4.69, 9.17) is 9.84 Å². The molecule has 112 valence electrons.